The highest BCUT2D eigenvalue weighted by molar-refractivity contribution is 9.10. The average Bonchev–Trinajstić information content (AvgIpc) is 2.86. The molecule has 0 saturated heterocycles. The van der Waals surface area contributed by atoms with Gasteiger partial charge in [0.2, 0.25) is 0 Å². The standard InChI is InChI=1S/C18H17BrO/c19-17-6-1-3-13(10-17)11-18(20)12-14-7-8-15-4-2-5-16(15)9-14/h1,3,6-10H,2,4-5,11-12H2. The van der Waals surface area contributed by atoms with Crippen molar-refractivity contribution in [3.05, 3.63) is 69.2 Å². The van der Waals surface area contributed by atoms with Gasteiger partial charge in [-0.3, -0.25) is 4.79 Å². The topological polar surface area (TPSA) is 17.1 Å². The Bertz CT molecular complexity index is 646. The molecule has 0 bridgehead atoms. The van der Waals surface area contributed by atoms with Crippen LogP contribution in [0.2, 0.25) is 0 Å². The lowest BCUT2D eigenvalue weighted by Gasteiger charge is -2.05. The Hall–Kier alpha value is -1.41. The maximum atomic E-state index is 12.2. The van der Waals surface area contributed by atoms with Crippen LogP contribution >= 0.6 is 15.9 Å². The van der Waals surface area contributed by atoms with E-state index >= 15 is 0 Å². The minimum atomic E-state index is 0.279. The number of halogens is 1. The van der Waals surface area contributed by atoms with Gasteiger partial charge in [0.15, 0.2) is 0 Å². The second-order valence-electron chi connectivity index (χ2n) is 5.48. The van der Waals surface area contributed by atoms with Gasteiger partial charge >= 0.3 is 0 Å². The summed E-state index contributed by atoms with van der Waals surface area (Å²) < 4.78 is 1.03. The van der Waals surface area contributed by atoms with Gasteiger partial charge < -0.3 is 0 Å². The van der Waals surface area contributed by atoms with Crippen molar-refractivity contribution >= 4 is 21.7 Å². The third kappa shape index (κ3) is 3.18. The first-order valence-corrected chi connectivity index (χ1v) is 7.87. The number of rotatable bonds is 4. The first-order valence-electron chi connectivity index (χ1n) is 7.07. The van der Waals surface area contributed by atoms with Gasteiger partial charge in [0.25, 0.3) is 0 Å². The van der Waals surface area contributed by atoms with E-state index in [1.165, 1.54) is 30.4 Å². The molecule has 3 rings (SSSR count). The molecule has 20 heavy (non-hydrogen) atoms. The van der Waals surface area contributed by atoms with E-state index in [2.05, 4.69) is 34.1 Å². The lowest BCUT2D eigenvalue weighted by molar-refractivity contribution is -0.117. The van der Waals surface area contributed by atoms with E-state index in [-0.39, 0.29) is 5.78 Å². The number of carbonyl (C=O) groups excluding carboxylic acids is 1. The summed E-state index contributed by atoms with van der Waals surface area (Å²) in [5, 5.41) is 0. The van der Waals surface area contributed by atoms with Crippen LogP contribution in [0.15, 0.2) is 46.9 Å². The summed E-state index contributed by atoms with van der Waals surface area (Å²) in [6, 6.07) is 14.5. The van der Waals surface area contributed by atoms with Crippen LogP contribution in [0.5, 0.6) is 0 Å². The van der Waals surface area contributed by atoms with Crippen LogP contribution in [0.4, 0.5) is 0 Å². The predicted octanol–water partition coefficient (Wildman–Crippen LogP) is 4.29. The van der Waals surface area contributed by atoms with Gasteiger partial charge in [-0.2, -0.15) is 0 Å². The molecule has 0 N–H and O–H groups in total. The number of hydrogen-bond acceptors (Lipinski definition) is 1. The fraction of sp³-hybridized carbons (Fsp3) is 0.278. The molecular formula is C18H17BrO. The Morgan fingerprint density at radius 1 is 0.950 bits per heavy atom. The molecule has 2 aromatic rings. The van der Waals surface area contributed by atoms with Crippen molar-refractivity contribution in [3.63, 3.8) is 0 Å². The van der Waals surface area contributed by atoms with Crippen molar-refractivity contribution in [2.24, 2.45) is 0 Å². The average molecular weight is 329 g/mol. The van der Waals surface area contributed by atoms with Crippen LogP contribution in [0, 0.1) is 0 Å². The summed E-state index contributed by atoms with van der Waals surface area (Å²) in [5.74, 6) is 0.279. The maximum absolute atomic E-state index is 12.2. The number of hydrogen-bond donors (Lipinski definition) is 0. The lowest BCUT2D eigenvalue weighted by atomic mass is 10.00. The van der Waals surface area contributed by atoms with Gasteiger partial charge in [0.05, 0.1) is 0 Å². The Kier molecular flexibility index (Phi) is 4.02. The molecule has 0 fully saturated rings. The molecule has 2 aromatic carbocycles. The molecule has 0 aliphatic heterocycles. The van der Waals surface area contributed by atoms with Crippen molar-refractivity contribution in [3.8, 4) is 0 Å². The zero-order chi connectivity index (χ0) is 13.9. The number of carbonyl (C=O) groups is 1. The van der Waals surface area contributed by atoms with E-state index in [1.54, 1.807) is 0 Å². The van der Waals surface area contributed by atoms with Crippen LogP contribution in [0.1, 0.15) is 28.7 Å². The van der Waals surface area contributed by atoms with Crippen LogP contribution in [-0.4, -0.2) is 5.78 Å². The molecule has 0 atom stereocenters. The zero-order valence-electron chi connectivity index (χ0n) is 11.4. The first-order chi connectivity index (χ1) is 9.70. The van der Waals surface area contributed by atoms with E-state index in [4.69, 9.17) is 0 Å². The molecule has 0 radical (unpaired) electrons. The summed E-state index contributed by atoms with van der Waals surface area (Å²) in [5.41, 5.74) is 5.14. The minimum Gasteiger partial charge on any atom is -0.299 e. The Balaban J connectivity index is 1.67. The van der Waals surface area contributed by atoms with Gasteiger partial charge in [-0.25, -0.2) is 0 Å². The fourth-order valence-corrected chi connectivity index (χ4v) is 3.35. The van der Waals surface area contributed by atoms with Crippen molar-refractivity contribution in [1.82, 2.24) is 0 Å². The predicted molar refractivity (Wildman–Crippen MR) is 85.0 cm³/mol. The summed E-state index contributed by atoms with van der Waals surface area (Å²) in [7, 11) is 0. The monoisotopic (exact) mass is 328 g/mol. The minimum absolute atomic E-state index is 0.279. The van der Waals surface area contributed by atoms with Crippen molar-refractivity contribution < 1.29 is 4.79 Å². The molecule has 0 saturated carbocycles. The molecule has 102 valence electrons. The lowest BCUT2D eigenvalue weighted by Crippen LogP contribution is -2.07. The molecule has 2 heteroatoms. The molecule has 0 aromatic heterocycles. The van der Waals surface area contributed by atoms with Gasteiger partial charge in [-0.15, -0.1) is 0 Å². The second-order valence-corrected chi connectivity index (χ2v) is 6.39. The zero-order valence-corrected chi connectivity index (χ0v) is 12.9. The van der Waals surface area contributed by atoms with E-state index in [9.17, 15) is 4.79 Å². The number of fused-ring (bicyclic) bond motifs is 1. The van der Waals surface area contributed by atoms with Crippen molar-refractivity contribution in [2.75, 3.05) is 0 Å². The van der Waals surface area contributed by atoms with Crippen molar-refractivity contribution in [1.29, 1.82) is 0 Å². The fourth-order valence-electron chi connectivity index (χ4n) is 2.90. The van der Waals surface area contributed by atoms with Crippen LogP contribution in [-0.2, 0) is 30.5 Å². The smallest absolute Gasteiger partial charge is 0.141 e. The van der Waals surface area contributed by atoms with E-state index in [1.807, 2.05) is 24.3 Å². The summed E-state index contributed by atoms with van der Waals surface area (Å²) in [6.07, 6.45) is 4.67. The SMILES string of the molecule is O=C(Cc1cccc(Br)c1)Cc1ccc2c(c1)CCC2. The quantitative estimate of drug-likeness (QED) is 0.818. The molecule has 0 amide bonds. The number of aryl methyl sites for hydroxylation is 2. The molecule has 1 aliphatic carbocycles. The second kappa shape index (κ2) is 5.92. The largest absolute Gasteiger partial charge is 0.299 e. The molecule has 0 heterocycles. The highest BCUT2D eigenvalue weighted by atomic mass is 79.9. The highest BCUT2D eigenvalue weighted by Gasteiger charge is 2.12. The Labute approximate surface area is 128 Å². The number of benzene rings is 2. The van der Waals surface area contributed by atoms with E-state index in [0.717, 1.165) is 15.6 Å². The van der Waals surface area contributed by atoms with Crippen molar-refractivity contribution in [2.45, 2.75) is 32.1 Å². The molecule has 0 unspecified atom stereocenters. The van der Waals surface area contributed by atoms with Gasteiger partial charge in [0, 0.05) is 17.3 Å². The van der Waals surface area contributed by atoms with Crippen LogP contribution < -0.4 is 0 Å². The number of ketones is 1. The maximum Gasteiger partial charge on any atom is 0.141 e. The summed E-state index contributed by atoms with van der Waals surface area (Å²) in [6.45, 7) is 0. The third-order valence-electron chi connectivity index (χ3n) is 3.85. The Morgan fingerprint density at radius 2 is 1.70 bits per heavy atom. The van der Waals surface area contributed by atoms with Gasteiger partial charge in [-0.1, -0.05) is 46.3 Å². The third-order valence-corrected chi connectivity index (χ3v) is 4.35. The molecular weight excluding hydrogens is 312 g/mol. The summed E-state index contributed by atoms with van der Waals surface area (Å²) >= 11 is 3.44. The number of Topliss-reactive ketones (excluding diaryl/α,β-unsaturated/α-hetero) is 1. The normalized spacial score (nSPS) is 13.2. The molecule has 1 nitrogen and oxygen atoms in total. The summed E-state index contributed by atoms with van der Waals surface area (Å²) in [4.78, 5) is 12.2. The molecule has 0 spiro atoms. The first kappa shape index (κ1) is 13.6. The van der Waals surface area contributed by atoms with E-state index in [0.29, 0.717) is 12.8 Å². The Morgan fingerprint density at radius 3 is 2.50 bits per heavy atom. The highest BCUT2D eigenvalue weighted by Crippen LogP contribution is 2.23. The van der Waals surface area contributed by atoms with Gasteiger partial charge in [0.1, 0.15) is 5.78 Å². The van der Waals surface area contributed by atoms with Gasteiger partial charge in [-0.05, 0) is 53.6 Å². The molecule has 1 aliphatic rings. The van der Waals surface area contributed by atoms with Crippen LogP contribution in [0.3, 0.4) is 0 Å². The van der Waals surface area contributed by atoms with E-state index < -0.39 is 0 Å². The van der Waals surface area contributed by atoms with Crippen LogP contribution in [0.25, 0.3) is 0 Å².